The van der Waals surface area contributed by atoms with Gasteiger partial charge in [-0.2, -0.15) is 0 Å². The second kappa shape index (κ2) is 6.14. The lowest BCUT2D eigenvalue weighted by Crippen LogP contribution is -2.31. The molecule has 0 aromatic carbocycles. The van der Waals surface area contributed by atoms with E-state index >= 15 is 0 Å². The predicted molar refractivity (Wildman–Crippen MR) is 76.5 cm³/mol. The van der Waals surface area contributed by atoms with Crippen molar-refractivity contribution in [3.05, 3.63) is 15.8 Å². The minimum Gasteiger partial charge on any atom is -0.310 e. The third kappa shape index (κ3) is 4.05. The van der Waals surface area contributed by atoms with Crippen molar-refractivity contribution in [1.82, 2.24) is 10.0 Å². The van der Waals surface area contributed by atoms with Crippen molar-refractivity contribution in [3.63, 3.8) is 0 Å². The smallest absolute Gasteiger partial charge is 0.242 e. The second-order valence-corrected chi connectivity index (χ2v) is 7.60. The Morgan fingerprint density at radius 1 is 1.22 bits per heavy atom. The normalized spacial score (nSPS) is 12.6. The average molecular weight is 290 g/mol. The summed E-state index contributed by atoms with van der Waals surface area (Å²) < 4.78 is 27.2. The average Bonchev–Trinajstić information content (AvgIpc) is 2.55. The van der Waals surface area contributed by atoms with Crippen LogP contribution >= 0.6 is 11.3 Å². The van der Waals surface area contributed by atoms with Crippen molar-refractivity contribution in [2.24, 2.45) is 0 Å². The third-order valence-corrected chi connectivity index (χ3v) is 5.44. The molecule has 0 aliphatic carbocycles. The van der Waals surface area contributed by atoms with Gasteiger partial charge in [0.2, 0.25) is 10.0 Å². The number of hydrogen-bond acceptors (Lipinski definition) is 4. The summed E-state index contributed by atoms with van der Waals surface area (Å²) >= 11 is 1.49. The Hall–Kier alpha value is -0.430. The van der Waals surface area contributed by atoms with Gasteiger partial charge in [0.1, 0.15) is 4.90 Å². The quantitative estimate of drug-likeness (QED) is 0.845. The highest BCUT2D eigenvalue weighted by molar-refractivity contribution is 7.89. The standard InChI is InChI=1S/C12H22N2O2S2/c1-8(2)13-6-11-12(10(5)7-17-11)18(15,16)14-9(3)4/h7-9,13-14H,6H2,1-5H3. The molecule has 6 heteroatoms. The molecule has 1 rings (SSSR count). The number of rotatable bonds is 6. The van der Waals surface area contributed by atoms with E-state index < -0.39 is 10.0 Å². The Bertz CT molecular complexity index is 490. The van der Waals surface area contributed by atoms with Crippen LogP contribution in [0, 0.1) is 6.92 Å². The van der Waals surface area contributed by atoms with Crippen LogP contribution in [0.3, 0.4) is 0 Å². The zero-order valence-electron chi connectivity index (χ0n) is 11.6. The van der Waals surface area contributed by atoms with Crippen molar-refractivity contribution >= 4 is 21.4 Å². The number of thiophene rings is 1. The molecule has 0 fully saturated rings. The summed E-state index contributed by atoms with van der Waals surface area (Å²) in [7, 11) is -3.41. The first-order valence-electron chi connectivity index (χ1n) is 6.06. The number of sulfonamides is 1. The van der Waals surface area contributed by atoms with Crippen LogP contribution in [0.15, 0.2) is 10.3 Å². The first-order valence-corrected chi connectivity index (χ1v) is 8.43. The topological polar surface area (TPSA) is 58.2 Å². The Morgan fingerprint density at radius 2 is 1.83 bits per heavy atom. The van der Waals surface area contributed by atoms with Gasteiger partial charge in [0, 0.05) is 23.5 Å². The molecule has 0 unspecified atom stereocenters. The summed E-state index contributed by atoms with van der Waals surface area (Å²) in [6.45, 7) is 10.2. The molecule has 0 spiro atoms. The molecular formula is C12H22N2O2S2. The van der Waals surface area contributed by atoms with Gasteiger partial charge >= 0.3 is 0 Å². The first kappa shape index (κ1) is 15.6. The molecule has 1 heterocycles. The predicted octanol–water partition coefficient (Wildman–Crippen LogP) is 2.24. The molecule has 104 valence electrons. The van der Waals surface area contributed by atoms with Gasteiger partial charge in [0.05, 0.1) is 0 Å². The zero-order valence-corrected chi connectivity index (χ0v) is 13.2. The molecular weight excluding hydrogens is 268 g/mol. The Kier molecular flexibility index (Phi) is 5.33. The molecule has 0 saturated carbocycles. The zero-order chi connectivity index (χ0) is 13.9. The summed E-state index contributed by atoms with van der Waals surface area (Å²) in [5, 5.41) is 5.15. The Balaban J connectivity index is 3.04. The largest absolute Gasteiger partial charge is 0.310 e. The molecule has 0 aliphatic heterocycles. The molecule has 0 saturated heterocycles. The Labute approximate surface area is 114 Å². The van der Waals surface area contributed by atoms with Gasteiger partial charge in [-0.25, -0.2) is 13.1 Å². The van der Waals surface area contributed by atoms with Gasteiger partial charge in [0.15, 0.2) is 0 Å². The molecule has 1 aromatic heterocycles. The van der Waals surface area contributed by atoms with Gasteiger partial charge in [-0.15, -0.1) is 11.3 Å². The summed E-state index contributed by atoms with van der Waals surface area (Å²) in [6.07, 6.45) is 0. The van der Waals surface area contributed by atoms with Crippen LogP contribution < -0.4 is 10.0 Å². The van der Waals surface area contributed by atoms with Crippen LogP contribution in [0.4, 0.5) is 0 Å². The molecule has 0 atom stereocenters. The lowest BCUT2D eigenvalue weighted by Gasteiger charge is -2.13. The van der Waals surface area contributed by atoms with Crippen molar-refractivity contribution in [2.45, 2.75) is 58.1 Å². The fourth-order valence-corrected chi connectivity index (χ4v) is 4.65. The minimum absolute atomic E-state index is 0.0970. The molecule has 0 radical (unpaired) electrons. The third-order valence-electron chi connectivity index (χ3n) is 2.32. The fraction of sp³-hybridized carbons (Fsp3) is 0.667. The molecule has 18 heavy (non-hydrogen) atoms. The first-order chi connectivity index (χ1) is 8.24. The Morgan fingerprint density at radius 3 is 2.33 bits per heavy atom. The number of aryl methyl sites for hydroxylation is 1. The maximum absolute atomic E-state index is 12.3. The second-order valence-electron chi connectivity index (χ2n) is 4.98. The monoisotopic (exact) mass is 290 g/mol. The van der Waals surface area contributed by atoms with Crippen LogP contribution in [0.5, 0.6) is 0 Å². The van der Waals surface area contributed by atoms with Gasteiger partial charge in [-0.1, -0.05) is 13.8 Å². The van der Waals surface area contributed by atoms with E-state index in [0.29, 0.717) is 17.5 Å². The van der Waals surface area contributed by atoms with E-state index in [-0.39, 0.29) is 6.04 Å². The van der Waals surface area contributed by atoms with Gasteiger partial charge in [-0.05, 0) is 31.7 Å². The highest BCUT2D eigenvalue weighted by atomic mass is 32.2. The molecule has 0 aliphatic rings. The van der Waals surface area contributed by atoms with E-state index in [1.807, 2.05) is 40.0 Å². The lowest BCUT2D eigenvalue weighted by molar-refractivity contribution is 0.562. The van der Waals surface area contributed by atoms with Gasteiger partial charge < -0.3 is 5.32 Å². The molecule has 1 aromatic rings. The lowest BCUT2D eigenvalue weighted by atomic mass is 10.3. The van der Waals surface area contributed by atoms with E-state index in [0.717, 1.165) is 10.4 Å². The van der Waals surface area contributed by atoms with E-state index in [2.05, 4.69) is 10.0 Å². The van der Waals surface area contributed by atoms with Crippen LogP contribution in [0.1, 0.15) is 38.1 Å². The maximum Gasteiger partial charge on any atom is 0.242 e. The summed E-state index contributed by atoms with van der Waals surface area (Å²) in [4.78, 5) is 1.31. The molecule has 0 bridgehead atoms. The SMILES string of the molecule is Cc1csc(CNC(C)C)c1S(=O)(=O)NC(C)C. The van der Waals surface area contributed by atoms with E-state index in [1.54, 1.807) is 0 Å². The molecule has 0 amide bonds. The highest BCUT2D eigenvalue weighted by Crippen LogP contribution is 2.27. The highest BCUT2D eigenvalue weighted by Gasteiger charge is 2.23. The fourth-order valence-electron chi connectivity index (χ4n) is 1.64. The van der Waals surface area contributed by atoms with Crippen LogP contribution in [-0.2, 0) is 16.6 Å². The van der Waals surface area contributed by atoms with Crippen molar-refractivity contribution in [1.29, 1.82) is 0 Å². The maximum atomic E-state index is 12.3. The van der Waals surface area contributed by atoms with E-state index in [4.69, 9.17) is 0 Å². The summed E-state index contributed by atoms with van der Waals surface area (Å²) in [5.41, 5.74) is 0.814. The van der Waals surface area contributed by atoms with Gasteiger partial charge in [-0.3, -0.25) is 0 Å². The van der Waals surface area contributed by atoms with E-state index in [9.17, 15) is 8.42 Å². The van der Waals surface area contributed by atoms with Crippen LogP contribution in [0.2, 0.25) is 0 Å². The van der Waals surface area contributed by atoms with Crippen LogP contribution in [-0.4, -0.2) is 20.5 Å². The number of nitrogens with one attached hydrogen (secondary N) is 2. The molecule has 2 N–H and O–H groups in total. The summed E-state index contributed by atoms with van der Waals surface area (Å²) in [6, 6.07) is 0.237. The minimum atomic E-state index is -3.41. The van der Waals surface area contributed by atoms with Crippen molar-refractivity contribution in [3.8, 4) is 0 Å². The van der Waals surface area contributed by atoms with Crippen molar-refractivity contribution < 1.29 is 8.42 Å². The van der Waals surface area contributed by atoms with Gasteiger partial charge in [0.25, 0.3) is 0 Å². The molecule has 4 nitrogen and oxygen atoms in total. The number of hydrogen-bond donors (Lipinski definition) is 2. The van der Waals surface area contributed by atoms with Crippen LogP contribution in [0.25, 0.3) is 0 Å². The van der Waals surface area contributed by atoms with Crippen molar-refractivity contribution in [2.75, 3.05) is 0 Å². The summed E-state index contributed by atoms with van der Waals surface area (Å²) in [5.74, 6) is 0. The van der Waals surface area contributed by atoms with E-state index in [1.165, 1.54) is 11.3 Å².